The lowest BCUT2D eigenvalue weighted by Gasteiger charge is -2.16. The second-order valence-electron chi connectivity index (χ2n) is 12.9. The van der Waals surface area contributed by atoms with Crippen molar-refractivity contribution in [2.45, 2.75) is 0 Å². The summed E-state index contributed by atoms with van der Waals surface area (Å²) in [4.78, 5) is 24.2. The van der Waals surface area contributed by atoms with Crippen LogP contribution in [0.1, 0.15) is 0 Å². The highest BCUT2D eigenvalue weighted by Crippen LogP contribution is 2.41. The zero-order chi connectivity index (χ0) is 34.4. The van der Waals surface area contributed by atoms with Gasteiger partial charge in [-0.2, -0.15) is 0 Å². The van der Waals surface area contributed by atoms with Crippen LogP contribution in [-0.2, 0) is 0 Å². The minimum Gasteiger partial charge on any atom is -0.253 e. The molecule has 0 bridgehead atoms. The number of hydrogen-bond donors (Lipinski definition) is 0. The van der Waals surface area contributed by atoms with Crippen LogP contribution >= 0.6 is 0 Å². The van der Waals surface area contributed by atoms with Crippen LogP contribution in [-0.4, -0.2) is 24.9 Å². The van der Waals surface area contributed by atoms with E-state index in [0.29, 0.717) is 28.9 Å². The summed E-state index contributed by atoms with van der Waals surface area (Å²) in [5.41, 5.74) is 6.65. The molecule has 0 amide bonds. The molecule has 0 saturated carbocycles. The lowest BCUT2D eigenvalue weighted by molar-refractivity contribution is 1.05. The van der Waals surface area contributed by atoms with Crippen molar-refractivity contribution in [1.82, 2.24) is 24.9 Å². The van der Waals surface area contributed by atoms with E-state index in [4.69, 9.17) is 15.0 Å². The Kier molecular flexibility index (Phi) is 7.07. The molecule has 0 saturated heterocycles. The predicted molar refractivity (Wildman–Crippen MR) is 213 cm³/mol. The van der Waals surface area contributed by atoms with Gasteiger partial charge >= 0.3 is 0 Å². The summed E-state index contributed by atoms with van der Waals surface area (Å²) in [5, 5.41) is 9.65. The Bertz CT molecular complexity index is 2760. The maximum absolute atomic E-state index is 5.08. The fourth-order valence-corrected chi connectivity index (χ4v) is 7.38. The summed E-state index contributed by atoms with van der Waals surface area (Å²) in [6, 6.07) is 57.4. The summed E-state index contributed by atoms with van der Waals surface area (Å²) >= 11 is 0. The largest absolute Gasteiger partial charge is 0.253 e. The Morgan fingerprint density at radius 2 is 0.673 bits per heavy atom. The topological polar surface area (TPSA) is 64.5 Å². The molecule has 242 valence electrons. The average Bonchev–Trinajstić information content (AvgIpc) is 3.23. The number of hydrogen-bond acceptors (Lipinski definition) is 5. The van der Waals surface area contributed by atoms with E-state index in [2.05, 4.69) is 137 Å². The maximum atomic E-state index is 5.08. The minimum atomic E-state index is 0.491. The number of aromatic nitrogens is 5. The number of fused-ring (bicyclic) bond motifs is 6. The van der Waals surface area contributed by atoms with Crippen molar-refractivity contribution in [2.24, 2.45) is 0 Å². The van der Waals surface area contributed by atoms with Gasteiger partial charge in [0.25, 0.3) is 0 Å². The minimum absolute atomic E-state index is 0.491. The van der Waals surface area contributed by atoms with E-state index in [-0.39, 0.29) is 0 Å². The van der Waals surface area contributed by atoms with Crippen molar-refractivity contribution in [3.63, 3.8) is 0 Å². The Labute approximate surface area is 300 Å². The van der Waals surface area contributed by atoms with Crippen molar-refractivity contribution < 1.29 is 0 Å². The molecular weight excluding hydrogens is 635 g/mol. The van der Waals surface area contributed by atoms with Crippen molar-refractivity contribution in [3.8, 4) is 56.7 Å². The molecule has 3 heterocycles. The third-order valence-electron chi connectivity index (χ3n) is 9.77. The van der Waals surface area contributed by atoms with E-state index in [1.807, 2.05) is 36.4 Å². The smallest absolute Gasteiger partial charge is 0.182 e. The van der Waals surface area contributed by atoms with Crippen LogP contribution < -0.4 is 0 Å². The molecule has 0 spiro atoms. The Morgan fingerprint density at radius 1 is 0.288 bits per heavy atom. The lowest BCUT2D eigenvalue weighted by Crippen LogP contribution is -2.02. The van der Waals surface area contributed by atoms with Crippen LogP contribution in [0, 0.1) is 0 Å². The van der Waals surface area contributed by atoms with Gasteiger partial charge in [0, 0.05) is 18.0 Å². The van der Waals surface area contributed by atoms with E-state index < -0.39 is 0 Å². The van der Waals surface area contributed by atoms with E-state index in [0.717, 1.165) is 27.8 Å². The molecule has 0 fully saturated rings. The molecule has 0 N–H and O–H groups in total. The second-order valence-corrected chi connectivity index (χ2v) is 12.9. The van der Waals surface area contributed by atoms with Gasteiger partial charge < -0.3 is 0 Å². The highest BCUT2D eigenvalue weighted by Gasteiger charge is 2.18. The van der Waals surface area contributed by atoms with Gasteiger partial charge in [-0.1, -0.05) is 109 Å². The summed E-state index contributed by atoms with van der Waals surface area (Å²) in [6.45, 7) is 0. The molecule has 0 unspecified atom stereocenters. The molecule has 0 aliphatic heterocycles. The SMILES string of the molecule is c1ccc(-c2nc(-c3cc(-c4cc5ccccc5c5ccccc45)cc(-c4cc5ccccc5c5ccccc45)c3)nc(-c3ccccn3)n2)nc1. The number of pyridine rings is 2. The molecule has 3 aromatic heterocycles. The first-order chi connectivity index (χ1) is 25.8. The summed E-state index contributed by atoms with van der Waals surface area (Å²) in [6.07, 6.45) is 3.52. The van der Waals surface area contributed by atoms with Crippen molar-refractivity contribution in [3.05, 3.63) is 176 Å². The molecule has 0 aliphatic carbocycles. The van der Waals surface area contributed by atoms with Crippen molar-refractivity contribution in [2.75, 3.05) is 0 Å². The molecule has 5 nitrogen and oxygen atoms in total. The fraction of sp³-hybridized carbons (Fsp3) is 0. The zero-order valence-electron chi connectivity index (χ0n) is 28.0. The van der Waals surface area contributed by atoms with Crippen LogP contribution in [0.3, 0.4) is 0 Å². The van der Waals surface area contributed by atoms with Crippen LogP contribution in [0.2, 0.25) is 0 Å². The Morgan fingerprint density at radius 3 is 1.13 bits per heavy atom. The van der Waals surface area contributed by atoms with Gasteiger partial charge in [0.15, 0.2) is 17.5 Å². The molecule has 0 radical (unpaired) electrons. The Hall–Kier alpha value is -7.11. The van der Waals surface area contributed by atoms with Gasteiger partial charge in [-0.25, -0.2) is 15.0 Å². The fourth-order valence-electron chi connectivity index (χ4n) is 7.38. The standard InChI is InChI=1S/C47H29N5/c1-3-15-35-30(13-1)28-41(39-19-7-5-17-37(35)39)32-25-33(42-29-31-14-2-4-16-36(31)38-18-6-8-20-40(38)42)27-34(26-32)45-50-46(43-21-9-11-23-48-43)52-47(51-45)44-22-10-12-24-49-44/h1-29H. The summed E-state index contributed by atoms with van der Waals surface area (Å²) in [5.74, 6) is 1.53. The Balaban J connectivity index is 1.30. The van der Waals surface area contributed by atoms with Gasteiger partial charge in [-0.05, 0) is 120 Å². The molecule has 7 aromatic carbocycles. The first-order valence-corrected chi connectivity index (χ1v) is 17.3. The first-order valence-electron chi connectivity index (χ1n) is 17.3. The van der Waals surface area contributed by atoms with E-state index in [9.17, 15) is 0 Å². The van der Waals surface area contributed by atoms with Crippen LogP contribution in [0.25, 0.3) is 99.8 Å². The molecule has 10 rings (SSSR count). The second kappa shape index (κ2) is 12.3. The quantitative estimate of drug-likeness (QED) is 0.171. The van der Waals surface area contributed by atoms with Crippen LogP contribution in [0.5, 0.6) is 0 Å². The van der Waals surface area contributed by atoms with E-state index >= 15 is 0 Å². The first kappa shape index (κ1) is 29.8. The average molecular weight is 664 g/mol. The summed E-state index contributed by atoms with van der Waals surface area (Å²) in [7, 11) is 0. The summed E-state index contributed by atoms with van der Waals surface area (Å²) < 4.78 is 0. The predicted octanol–water partition coefficient (Wildman–Crippen LogP) is 11.6. The third kappa shape index (κ3) is 5.15. The molecular formula is C47H29N5. The van der Waals surface area contributed by atoms with Crippen LogP contribution in [0.4, 0.5) is 0 Å². The monoisotopic (exact) mass is 663 g/mol. The number of benzene rings is 7. The van der Waals surface area contributed by atoms with E-state index in [1.165, 1.54) is 43.1 Å². The molecule has 52 heavy (non-hydrogen) atoms. The third-order valence-corrected chi connectivity index (χ3v) is 9.77. The molecule has 0 aliphatic rings. The maximum Gasteiger partial charge on any atom is 0.182 e. The van der Waals surface area contributed by atoms with Crippen molar-refractivity contribution >= 4 is 43.1 Å². The van der Waals surface area contributed by atoms with Gasteiger partial charge in [-0.3, -0.25) is 9.97 Å². The van der Waals surface area contributed by atoms with Gasteiger partial charge in [0.1, 0.15) is 11.4 Å². The molecule has 5 heteroatoms. The number of rotatable bonds is 5. The van der Waals surface area contributed by atoms with E-state index in [1.54, 1.807) is 12.4 Å². The van der Waals surface area contributed by atoms with Crippen LogP contribution in [0.15, 0.2) is 176 Å². The number of nitrogens with zero attached hydrogens (tertiary/aromatic N) is 5. The lowest BCUT2D eigenvalue weighted by atomic mass is 9.88. The highest BCUT2D eigenvalue weighted by atomic mass is 15.1. The van der Waals surface area contributed by atoms with Gasteiger partial charge in [0.05, 0.1) is 0 Å². The zero-order valence-corrected chi connectivity index (χ0v) is 28.0. The molecule has 10 aromatic rings. The van der Waals surface area contributed by atoms with Crippen molar-refractivity contribution in [1.29, 1.82) is 0 Å². The van der Waals surface area contributed by atoms with Gasteiger partial charge in [0.2, 0.25) is 0 Å². The highest BCUT2D eigenvalue weighted by molar-refractivity contribution is 6.16. The normalized spacial score (nSPS) is 11.5. The van der Waals surface area contributed by atoms with Gasteiger partial charge in [-0.15, -0.1) is 0 Å². The molecule has 0 atom stereocenters.